The Labute approximate surface area is 55.4 Å². The van der Waals surface area contributed by atoms with Crippen LogP contribution < -0.4 is 6.15 Å². The molecule has 9 heavy (non-hydrogen) atoms. The van der Waals surface area contributed by atoms with Gasteiger partial charge in [-0.05, 0) is 0 Å². The fourth-order valence-corrected chi connectivity index (χ4v) is 0.440. The minimum Gasteiger partial charge on any atom is -0.400 e. The first kappa shape index (κ1) is 11.6. The van der Waals surface area contributed by atoms with Gasteiger partial charge in [-0.2, -0.15) is 0 Å². The zero-order valence-electron chi connectivity index (χ0n) is 5.80. The van der Waals surface area contributed by atoms with Gasteiger partial charge in [0.25, 0.3) is 0 Å². The standard InChI is InChI=1S/C4H8O2.CH4O.H3N/c1-2-6-4-3-5-1;1-2;/h1-4H2;2H,1H3;1H3. The van der Waals surface area contributed by atoms with E-state index in [1.54, 1.807) is 0 Å². The van der Waals surface area contributed by atoms with E-state index in [0.29, 0.717) is 0 Å². The van der Waals surface area contributed by atoms with E-state index < -0.39 is 0 Å². The van der Waals surface area contributed by atoms with Crippen LogP contribution in [-0.2, 0) is 9.47 Å². The van der Waals surface area contributed by atoms with Gasteiger partial charge in [-0.3, -0.25) is 0 Å². The first-order valence-corrected chi connectivity index (χ1v) is 2.60. The molecular weight excluding hydrogens is 122 g/mol. The fraction of sp³-hybridized carbons (Fsp3) is 1.00. The Kier molecular flexibility index (Phi) is 13.9. The van der Waals surface area contributed by atoms with Crippen molar-refractivity contribution in [3.05, 3.63) is 0 Å². The molecule has 1 saturated heterocycles. The van der Waals surface area contributed by atoms with Crippen molar-refractivity contribution < 1.29 is 14.6 Å². The maximum atomic E-state index is 7.00. The van der Waals surface area contributed by atoms with Crippen LogP contribution in [0.15, 0.2) is 0 Å². The monoisotopic (exact) mass is 137 g/mol. The highest BCUT2D eigenvalue weighted by molar-refractivity contribution is 4.37. The summed E-state index contributed by atoms with van der Waals surface area (Å²) in [7, 11) is 1.00. The largest absolute Gasteiger partial charge is 0.400 e. The highest BCUT2D eigenvalue weighted by atomic mass is 16.6. The third-order valence-electron chi connectivity index (χ3n) is 0.744. The van der Waals surface area contributed by atoms with Crippen molar-refractivity contribution in [2.24, 2.45) is 0 Å². The van der Waals surface area contributed by atoms with Crippen LogP contribution in [-0.4, -0.2) is 38.6 Å². The Morgan fingerprint density at radius 2 is 1.11 bits per heavy atom. The molecule has 0 aliphatic carbocycles. The molecule has 0 saturated carbocycles. The van der Waals surface area contributed by atoms with Gasteiger partial charge in [-0.1, -0.05) is 0 Å². The first-order valence-electron chi connectivity index (χ1n) is 2.60. The molecule has 0 amide bonds. The van der Waals surface area contributed by atoms with Crippen molar-refractivity contribution >= 4 is 0 Å². The zero-order chi connectivity index (χ0) is 6.24. The molecule has 0 aromatic heterocycles. The fourth-order valence-electron chi connectivity index (χ4n) is 0.440. The van der Waals surface area contributed by atoms with Gasteiger partial charge >= 0.3 is 0 Å². The van der Waals surface area contributed by atoms with Gasteiger partial charge < -0.3 is 20.7 Å². The van der Waals surface area contributed by atoms with Crippen molar-refractivity contribution in [3.63, 3.8) is 0 Å². The molecule has 4 N–H and O–H groups in total. The third kappa shape index (κ3) is 7.84. The third-order valence-corrected chi connectivity index (χ3v) is 0.744. The lowest BCUT2D eigenvalue weighted by Gasteiger charge is -2.09. The topological polar surface area (TPSA) is 73.7 Å². The van der Waals surface area contributed by atoms with Crippen LogP contribution in [0.2, 0.25) is 0 Å². The molecule has 58 valence electrons. The van der Waals surface area contributed by atoms with E-state index in [-0.39, 0.29) is 6.15 Å². The van der Waals surface area contributed by atoms with Gasteiger partial charge in [0.05, 0.1) is 26.4 Å². The normalized spacial score (nSPS) is 16.7. The van der Waals surface area contributed by atoms with Gasteiger partial charge in [-0.15, -0.1) is 0 Å². The molecule has 1 heterocycles. The number of hydrogen-bond donors (Lipinski definition) is 2. The summed E-state index contributed by atoms with van der Waals surface area (Å²) < 4.78 is 9.89. The van der Waals surface area contributed by atoms with E-state index in [9.17, 15) is 0 Å². The lowest BCUT2D eigenvalue weighted by atomic mass is 10.6. The summed E-state index contributed by atoms with van der Waals surface area (Å²) in [4.78, 5) is 0. The maximum absolute atomic E-state index is 7.00. The quantitative estimate of drug-likeness (QED) is 0.485. The second-order valence-electron chi connectivity index (χ2n) is 1.22. The lowest BCUT2D eigenvalue weighted by molar-refractivity contribution is -0.0334. The molecule has 1 aliphatic rings. The van der Waals surface area contributed by atoms with E-state index in [1.807, 2.05) is 0 Å². The molecule has 0 spiro atoms. The number of aliphatic hydroxyl groups is 1. The minimum atomic E-state index is 0. The number of hydrogen-bond acceptors (Lipinski definition) is 4. The Balaban J connectivity index is 0. The molecule has 0 atom stereocenters. The zero-order valence-corrected chi connectivity index (χ0v) is 5.80. The Morgan fingerprint density at radius 1 is 0.889 bits per heavy atom. The lowest BCUT2D eigenvalue weighted by Crippen LogP contribution is -2.16. The number of rotatable bonds is 0. The SMILES string of the molecule is C1COCCO1.CO.N. The second-order valence-corrected chi connectivity index (χ2v) is 1.22. The molecule has 0 radical (unpaired) electrons. The highest BCUT2D eigenvalue weighted by Crippen LogP contribution is 1.85. The molecule has 0 aromatic rings. The summed E-state index contributed by atoms with van der Waals surface area (Å²) in [5, 5.41) is 7.00. The summed E-state index contributed by atoms with van der Waals surface area (Å²) in [5.74, 6) is 0. The van der Waals surface area contributed by atoms with Gasteiger partial charge in [0.1, 0.15) is 0 Å². The van der Waals surface area contributed by atoms with E-state index in [0.717, 1.165) is 33.5 Å². The Morgan fingerprint density at radius 3 is 1.22 bits per heavy atom. The Bertz CT molecular complexity index is 27.7. The summed E-state index contributed by atoms with van der Waals surface area (Å²) in [6.07, 6.45) is 0. The molecule has 4 heteroatoms. The van der Waals surface area contributed by atoms with Crippen LogP contribution in [0.5, 0.6) is 0 Å². The predicted molar refractivity (Wildman–Crippen MR) is 34.8 cm³/mol. The molecule has 4 nitrogen and oxygen atoms in total. The summed E-state index contributed by atoms with van der Waals surface area (Å²) in [6, 6.07) is 0. The van der Waals surface area contributed by atoms with Crippen LogP contribution in [0.25, 0.3) is 0 Å². The van der Waals surface area contributed by atoms with Gasteiger partial charge in [0.2, 0.25) is 0 Å². The van der Waals surface area contributed by atoms with Crippen molar-refractivity contribution in [1.29, 1.82) is 0 Å². The number of ether oxygens (including phenoxy) is 2. The highest BCUT2D eigenvalue weighted by Gasteiger charge is 1.94. The van der Waals surface area contributed by atoms with Crippen LogP contribution in [0.1, 0.15) is 0 Å². The second kappa shape index (κ2) is 10.8. The summed E-state index contributed by atoms with van der Waals surface area (Å²) in [5.41, 5.74) is 0. The maximum Gasteiger partial charge on any atom is 0.0701 e. The van der Waals surface area contributed by atoms with E-state index >= 15 is 0 Å². The molecule has 0 aromatic carbocycles. The van der Waals surface area contributed by atoms with E-state index in [2.05, 4.69) is 0 Å². The van der Waals surface area contributed by atoms with E-state index in [1.165, 1.54) is 0 Å². The van der Waals surface area contributed by atoms with Crippen molar-refractivity contribution in [3.8, 4) is 0 Å². The molecule has 1 aliphatic heterocycles. The van der Waals surface area contributed by atoms with Gasteiger partial charge in [0.15, 0.2) is 0 Å². The predicted octanol–water partition coefficient (Wildman–Crippen LogP) is -0.196. The number of aliphatic hydroxyl groups excluding tert-OH is 1. The van der Waals surface area contributed by atoms with Gasteiger partial charge in [0, 0.05) is 7.11 Å². The van der Waals surface area contributed by atoms with Crippen LogP contribution in [0.3, 0.4) is 0 Å². The van der Waals surface area contributed by atoms with Crippen molar-refractivity contribution in [2.45, 2.75) is 0 Å². The first-order chi connectivity index (χ1) is 4.00. The van der Waals surface area contributed by atoms with Crippen molar-refractivity contribution in [1.82, 2.24) is 6.15 Å². The molecule has 1 fully saturated rings. The summed E-state index contributed by atoms with van der Waals surface area (Å²) in [6.45, 7) is 3.11. The van der Waals surface area contributed by atoms with Crippen molar-refractivity contribution in [2.75, 3.05) is 33.5 Å². The summed E-state index contributed by atoms with van der Waals surface area (Å²) >= 11 is 0. The average Bonchev–Trinajstić information content (AvgIpc) is 1.96. The molecule has 1 rings (SSSR count). The molecular formula is C5H15NO3. The minimum absolute atomic E-state index is 0. The average molecular weight is 137 g/mol. The van der Waals surface area contributed by atoms with E-state index in [4.69, 9.17) is 14.6 Å². The molecule has 0 bridgehead atoms. The van der Waals surface area contributed by atoms with Crippen LogP contribution >= 0.6 is 0 Å². The van der Waals surface area contributed by atoms with Crippen LogP contribution in [0, 0.1) is 0 Å². The smallest absolute Gasteiger partial charge is 0.0701 e. The Hall–Kier alpha value is -0.160. The van der Waals surface area contributed by atoms with Gasteiger partial charge in [-0.25, -0.2) is 0 Å². The molecule has 0 unspecified atom stereocenters. The van der Waals surface area contributed by atoms with Crippen LogP contribution in [0.4, 0.5) is 0 Å².